The van der Waals surface area contributed by atoms with Gasteiger partial charge in [0.05, 0.1) is 35.0 Å². The van der Waals surface area contributed by atoms with Gasteiger partial charge in [-0.1, -0.05) is 18.5 Å². The molecule has 0 saturated carbocycles. The summed E-state index contributed by atoms with van der Waals surface area (Å²) < 4.78 is 3.86. The topological polar surface area (TPSA) is 47.7 Å². The van der Waals surface area contributed by atoms with Crippen LogP contribution in [0.3, 0.4) is 0 Å². The lowest BCUT2D eigenvalue weighted by atomic mass is 10.1. The lowest BCUT2D eigenvalue weighted by Gasteiger charge is -2.18. The largest absolute Gasteiger partial charge is 0.340 e. The van der Waals surface area contributed by atoms with Crippen molar-refractivity contribution >= 4 is 11.6 Å². The molecule has 19 heavy (non-hydrogen) atoms. The van der Waals surface area contributed by atoms with Crippen molar-refractivity contribution in [2.45, 2.75) is 32.9 Å². The minimum Gasteiger partial charge on any atom is -0.340 e. The lowest BCUT2D eigenvalue weighted by Crippen LogP contribution is -2.26. The molecule has 0 saturated heterocycles. The molecule has 0 aliphatic rings. The zero-order valence-corrected chi connectivity index (χ0v) is 12.4. The average Bonchev–Trinajstić information content (AvgIpc) is 2.98. The molecule has 2 aromatic heterocycles. The maximum absolute atomic E-state index is 6.30. The molecule has 0 fully saturated rings. The van der Waals surface area contributed by atoms with E-state index >= 15 is 0 Å². The second kappa shape index (κ2) is 6.21. The number of nitrogens with one attached hydrogen (secondary N) is 1. The summed E-state index contributed by atoms with van der Waals surface area (Å²) in [5, 5.41) is 8.48. The molecule has 0 aliphatic carbocycles. The van der Waals surface area contributed by atoms with Crippen LogP contribution < -0.4 is 5.32 Å². The van der Waals surface area contributed by atoms with E-state index in [1.165, 1.54) is 0 Å². The van der Waals surface area contributed by atoms with Crippen LogP contribution >= 0.6 is 11.6 Å². The summed E-state index contributed by atoms with van der Waals surface area (Å²) in [6.07, 6.45) is 6.57. The number of hydrogen-bond donors (Lipinski definition) is 1. The number of hydrogen-bond acceptors (Lipinski definition) is 3. The number of aryl methyl sites for hydroxylation is 2. The molecule has 2 aromatic rings. The first-order valence-corrected chi connectivity index (χ1v) is 6.97. The van der Waals surface area contributed by atoms with E-state index in [0.717, 1.165) is 30.9 Å². The van der Waals surface area contributed by atoms with E-state index < -0.39 is 0 Å². The van der Waals surface area contributed by atoms with Crippen molar-refractivity contribution in [1.82, 2.24) is 24.6 Å². The van der Waals surface area contributed by atoms with E-state index in [0.29, 0.717) is 5.02 Å². The number of rotatable bonds is 6. The van der Waals surface area contributed by atoms with Crippen molar-refractivity contribution in [3.63, 3.8) is 0 Å². The first-order valence-electron chi connectivity index (χ1n) is 6.59. The third-order valence-corrected chi connectivity index (χ3v) is 3.32. The van der Waals surface area contributed by atoms with Gasteiger partial charge in [0.1, 0.15) is 0 Å². The van der Waals surface area contributed by atoms with E-state index in [9.17, 15) is 0 Å². The van der Waals surface area contributed by atoms with Gasteiger partial charge in [0.15, 0.2) is 0 Å². The predicted molar refractivity (Wildman–Crippen MR) is 76.3 cm³/mol. The number of imidazole rings is 1. The molecule has 6 heteroatoms. The molecule has 2 rings (SSSR count). The van der Waals surface area contributed by atoms with Crippen molar-refractivity contribution < 1.29 is 0 Å². The Hall–Kier alpha value is -1.33. The summed E-state index contributed by atoms with van der Waals surface area (Å²) in [6, 6.07) is -0.0175. The predicted octanol–water partition coefficient (Wildman–Crippen LogP) is 2.38. The zero-order valence-electron chi connectivity index (χ0n) is 11.6. The highest BCUT2D eigenvalue weighted by molar-refractivity contribution is 6.31. The van der Waals surface area contributed by atoms with Crippen LogP contribution in [0.4, 0.5) is 0 Å². The summed E-state index contributed by atoms with van der Waals surface area (Å²) in [6.45, 7) is 5.90. The van der Waals surface area contributed by atoms with Crippen molar-refractivity contribution in [1.29, 1.82) is 0 Å². The molecular formula is C13H20ClN5. The van der Waals surface area contributed by atoms with Crippen LogP contribution in [0.2, 0.25) is 5.02 Å². The highest BCUT2D eigenvalue weighted by atomic mass is 35.5. The van der Waals surface area contributed by atoms with Gasteiger partial charge in [-0.3, -0.25) is 4.68 Å². The van der Waals surface area contributed by atoms with E-state index in [4.69, 9.17) is 11.6 Å². The highest BCUT2D eigenvalue weighted by Gasteiger charge is 2.23. The molecule has 1 unspecified atom stereocenters. The molecule has 1 atom stereocenters. The smallest absolute Gasteiger partial charge is 0.0952 e. The Labute approximate surface area is 118 Å². The fourth-order valence-corrected chi connectivity index (χ4v) is 2.37. The van der Waals surface area contributed by atoms with E-state index in [2.05, 4.69) is 29.2 Å². The molecule has 0 radical (unpaired) electrons. The fraction of sp³-hybridized carbons (Fsp3) is 0.538. The minimum absolute atomic E-state index is 0.0175. The zero-order chi connectivity index (χ0) is 13.8. The van der Waals surface area contributed by atoms with Crippen LogP contribution in [0.15, 0.2) is 18.7 Å². The van der Waals surface area contributed by atoms with Crippen molar-refractivity contribution in [2.24, 2.45) is 7.05 Å². The van der Waals surface area contributed by atoms with Crippen LogP contribution in [0.1, 0.15) is 37.7 Å². The number of aromatic nitrogens is 4. The van der Waals surface area contributed by atoms with Gasteiger partial charge in [-0.25, -0.2) is 4.98 Å². The van der Waals surface area contributed by atoms with Crippen molar-refractivity contribution in [3.05, 3.63) is 35.1 Å². The van der Waals surface area contributed by atoms with E-state index in [1.807, 2.05) is 22.5 Å². The van der Waals surface area contributed by atoms with Gasteiger partial charge >= 0.3 is 0 Å². The van der Waals surface area contributed by atoms with Crippen molar-refractivity contribution in [2.75, 3.05) is 6.54 Å². The number of nitrogens with zero attached hydrogens (tertiary/aromatic N) is 4. The lowest BCUT2D eigenvalue weighted by molar-refractivity contribution is 0.523. The third-order valence-electron chi connectivity index (χ3n) is 3.03. The summed E-state index contributed by atoms with van der Waals surface area (Å²) >= 11 is 6.30. The molecule has 0 aromatic carbocycles. The molecule has 104 valence electrons. The molecule has 0 bridgehead atoms. The SMILES string of the molecule is CCCNC(c1cn(C)cn1)c1c(Cl)cnn1CC. The maximum Gasteiger partial charge on any atom is 0.0952 e. The van der Waals surface area contributed by atoms with Crippen LogP contribution in [-0.2, 0) is 13.6 Å². The molecule has 1 N–H and O–H groups in total. The summed E-state index contributed by atoms with van der Waals surface area (Å²) in [5.74, 6) is 0. The first-order chi connectivity index (χ1) is 9.17. The molecule has 0 spiro atoms. The Balaban J connectivity index is 2.39. The minimum atomic E-state index is -0.0175. The van der Waals surface area contributed by atoms with Gasteiger partial charge in [-0.05, 0) is 19.9 Å². The summed E-state index contributed by atoms with van der Waals surface area (Å²) in [5.41, 5.74) is 1.95. The van der Waals surface area contributed by atoms with Crippen LogP contribution in [0, 0.1) is 0 Å². The Morgan fingerprint density at radius 2 is 2.21 bits per heavy atom. The standard InChI is InChI=1S/C13H20ClN5/c1-4-6-15-12(11-8-18(3)9-16-11)13-10(14)7-17-19(13)5-2/h7-9,12,15H,4-6H2,1-3H3. The van der Waals surface area contributed by atoms with Gasteiger partial charge in [0, 0.05) is 19.8 Å². The third kappa shape index (κ3) is 2.98. The van der Waals surface area contributed by atoms with Crippen LogP contribution in [0.25, 0.3) is 0 Å². The Morgan fingerprint density at radius 3 is 2.79 bits per heavy atom. The monoisotopic (exact) mass is 281 g/mol. The van der Waals surface area contributed by atoms with E-state index in [1.54, 1.807) is 12.5 Å². The quantitative estimate of drug-likeness (QED) is 0.884. The fourth-order valence-electron chi connectivity index (χ4n) is 2.12. The normalized spacial score (nSPS) is 12.8. The van der Waals surface area contributed by atoms with Gasteiger partial charge in [-0.2, -0.15) is 5.10 Å². The summed E-state index contributed by atoms with van der Waals surface area (Å²) in [7, 11) is 1.96. The molecular weight excluding hydrogens is 262 g/mol. The Kier molecular flexibility index (Phi) is 4.61. The highest BCUT2D eigenvalue weighted by Crippen LogP contribution is 2.27. The average molecular weight is 282 g/mol. The molecule has 5 nitrogen and oxygen atoms in total. The summed E-state index contributed by atoms with van der Waals surface area (Å²) in [4.78, 5) is 4.44. The second-order valence-corrected chi connectivity index (χ2v) is 4.95. The van der Waals surface area contributed by atoms with Gasteiger partial charge in [0.2, 0.25) is 0 Å². The van der Waals surface area contributed by atoms with Crippen molar-refractivity contribution in [3.8, 4) is 0 Å². The Morgan fingerprint density at radius 1 is 1.42 bits per heavy atom. The molecule has 0 amide bonds. The van der Waals surface area contributed by atoms with Gasteiger partial charge in [-0.15, -0.1) is 0 Å². The first kappa shape index (κ1) is 14.1. The van der Waals surface area contributed by atoms with Gasteiger partial charge in [0.25, 0.3) is 0 Å². The second-order valence-electron chi connectivity index (χ2n) is 4.54. The van der Waals surface area contributed by atoms with Gasteiger partial charge < -0.3 is 9.88 Å². The Bertz CT molecular complexity index is 531. The van der Waals surface area contributed by atoms with Crippen LogP contribution in [-0.4, -0.2) is 25.9 Å². The maximum atomic E-state index is 6.30. The number of halogens is 1. The van der Waals surface area contributed by atoms with Crippen LogP contribution in [0.5, 0.6) is 0 Å². The molecule has 0 aliphatic heterocycles. The van der Waals surface area contributed by atoms with E-state index in [-0.39, 0.29) is 6.04 Å². The molecule has 2 heterocycles.